The zero-order chi connectivity index (χ0) is 10.1. The van der Waals surface area contributed by atoms with Gasteiger partial charge in [-0.1, -0.05) is 12.1 Å². The SMILES string of the molecule is CN(c1ccccc1C(=O)O)C1CC1. The van der Waals surface area contributed by atoms with Gasteiger partial charge in [-0.3, -0.25) is 0 Å². The molecule has 0 spiro atoms. The highest BCUT2D eigenvalue weighted by Gasteiger charge is 2.28. The number of carboxylic acid groups (broad SMARTS) is 1. The van der Waals surface area contributed by atoms with Crippen LogP contribution in [-0.4, -0.2) is 24.2 Å². The van der Waals surface area contributed by atoms with Crippen molar-refractivity contribution in [2.75, 3.05) is 11.9 Å². The number of carbonyl (C=O) groups is 1. The first kappa shape index (κ1) is 9.06. The van der Waals surface area contributed by atoms with Gasteiger partial charge in [0.15, 0.2) is 0 Å². The molecule has 0 bridgehead atoms. The van der Waals surface area contributed by atoms with E-state index in [1.807, 2.05) is 19.2 Å². The average molecular weight is 191 g/mol. The van der Waals surface area contributed by atoms with Gasteiger partial charge in [-0.2, -0.15) is 0 Å². The van der Waals surface area contributed by atoms with E-state index in [2.05, 4.69) is 4.90 Å². The Morgan fingerprint density at radius 3 is 2.64 bits per heavy atom. The maximum absolute atomic E-state index is 10.9. The first-order chi connectivity index (χ1) is 6.70. The fourth-order valence-corrected chi connectivity index (χ4v) is 1.62. The monoisotopic (exact) mass is 191 g/mol. The molecule has 14 heavy (non-hydrogen) atoms. The molecule has 1 aliphatic rings. The minimum atomic E-state index is -0.854. The van der Waals surface area contributed by atoms with Crippen molar-refractivity contribution in [3.8, 4) is 0 Å². The van der Waals surface area contributed by atoms with Crippen molar-refractivity contribution in [3.05, 3.63) is 29.8 Å². The molecule has 1 aromatic rings. The third-order valence-electron chi connectivity index (χ3n) is 2.61. The number of carboxylic acids is 1. The van der Waals surface area contributed by atoms with Crippen LogP contribution in [0.3, 0.4) is 0 Å². The van der Waals surface area contributed by atoms with Crippen LogP contribution >= 0.6 is 0 Å². The largest absolute Gasteiger partial charge is 0.478 e. The van der Waals surface area contributed by atoms with E-state index in [1.165, 1.54) is 12.8 Å². The molecule has 0 aromatic heterocycles. The molecule has 1 aliphatic carbocycles. The molecule has 0 saturated heterocycles. The van der Waals surface area contributed by atoms with Crippen molar-refractivity contribution in [2.45, 2.75) is 18.9 Å². The maximum Gasteiger partial charge on any atom is 0.337 e. The molecule has 0 radical (unpaired) electrons. The van der Waals surface area contributed by atoms with Crippen molar-refractivity contribution in [2.24, 2.45) is 0 Å². The number of aromatic carboxylic acids is 1. The third-order valence-corrected chi connectivity index (χ3v) is 2.61. The van der Waals surface area contributed by atoms with Gasteiger partial charge >= 0.3 is 5.97 Å². The number of benzene rings is 1. The third kappa shape index (κ3) is 1.58. The number of anilines is 1. The smallest absolute Gasteiger partial charge is 0.337 e. The summed E-state index contributed by atoms with van der Waals surface area (Å²) in [6, 6.07) is 7.68. The van der Waals surface area contributed by atoms with Gasteiger partial charge in [0, 0.05) is 13.1 Å². The number of rotatable bonds is 3. The van der Waals surface area contributed by atoms with E-state index < -0.39 is 5.97 Å². The van der Waals surface area contributed by atoms with Gasteiger partial charge in [-0.05, 0) is 25.0 Å². The first-order valence-electron chi connectivity index (χ1n) is 4.75. The van der Waals surface area contributed by atoms with E-state index in [0.29, 0.717) is 11.6 Å². The van der Waals surface area contributed by atoms with Crippen molar-refractivity contribution in [1.82, 2.24) is 0 Å². The second-order valence-electron chi connectivity index (χ2n) is 3.66. The fraction of sp³-hybridized carbons (Fsp3) is 0.364. The average Bonchev–Trinajstić information content (AvgIpc) is 3.00. The Morgan fingerprint density at radius 2 is 2.07 bits per heavy atom. The molecule has 0 unspecified atom stereocenters. The maximum atomic E-state index is 10.9. The molecule has 0 aliphatic heterocycles. The second kappa shape index (κ2) is 3.33. The summed E-state index contributed by atoms with van der Waals surface area (Å²) in [5.41, 5.74) is 1.21. The number of hydrogen-bond donors (Lipinski definition) is 1. The summed E-state index contributed by atoms with van der Waals surface area (Å²) in [6.07, 6.45) is 2.34. The highest BCUT2D eigenvalue weighted by Crippen LogP contribution is 2.31. The van der Waals surface area contributed by atoms with Crippen LogP contribution in [0.4, 0.5) is 5.69 Å². The van der Waals surface area contributed by atoms with E-state index in [1.54, 1.807) is 12.1 Å². The predicted octanol–water partition coefficient (Wildman–Crippen LogP) is 1.98. The Hall–Kier alpha value is -1.51. The second-order valence-corrected chi connectivity index (χ2v) is 3.66. The lowest BCUT2D eigenvalue weighted by Gasteiger charge is -2.20. The molecule has 1 aromatic carbocycles. The van der Waals surface area contributed by atoms with E-state index in [9.17, 15) is 4.79 Å². The molecule has 0 heterocycles. The number of nitrogens with zero attached hydrogens (tertiary/aromatic N) is 1. The normalized spacial score (nSPS) is 15.2. The highest BCUT2D eigenvalue weighted by atomic mass is 16.4. The highest BCUT2D eigenvalue weighted by molar-refractivity contribution is 5.94. The van der Waals surface area contributed by atoms with E-state index in [-0.39, 0.29) is 0 Å². The van der Waals surface area contributed by atoms with Gasteiger partial charge in [0.25, 0.3) is 0 Å². The summed E-state index contributed by atoms with van der Waals surface area (Å²) in [5, 5.41) is 8.99. The number of hydrogen-bond acceptors (Lipinski definition) is 2. The molecule has 3 heteroatoms. The molecule has 74 valence electrons. The fourth-order valence-electron chi connectivity index (χ4n) is 1.62. The Kier molecular flexibility index (Phi) is 2.15. The Labute approximate surface area is 83.0 Å². The summed E-state index contributed by atoms with van der Waals surface area (Å²) < 4.78 is 0. The quantitative estimate of drug-likeness (QED) is 0.794. The first-order valence-corrected chi connectivity index (χ1v) is 4.75. The zero-order valence-electron chi connectivity index (χ0n) is 8.10. The zero-order valence-corrected chi connectivity index (χ0v) is 8.10. The Morgan fingerprint density at radius 1 is 1.43 bits per heavy atom. The van der Waals surface area contributed by atoms with Gasteiger partial charge in [0.2, 0.25) is 0 Å². The predicted molar refractivity (Wildman–Crippen MR) is 54.8 cm³/mol. The Balaban J connectivity index is 2.34. The molecule has 0 atom stereocenters. The summed E-state index contributed by atoms with van der Waals surface area (Å²) >= 11 is 0. The molecule has 2 rings (SSSR count). The van der Waals surface area contributed by atoms with E-state index in [4.69, 9.17) is 5.11 Å². The van der Waals surface area contributed by atoms with Crippen LogP contribution in [0.25, 0.3) is 0 Å². The van der Waals surface area contributed by atoms with Crippen molar-refractivity contribution in [3.63, 3.8) is 0 Å². The van der Waals surface area contributed by atoms with Crippen LogP contribution in [0, 0.1) is 0 Å². The van der Waals surface area contributed by atoms with E-state index in [0.717, 1.165) is 5.69 Å². The summed E-state index contributed by atoms with van der Waals surface area (Å²) in [5.74, 6) is -0.854. The van der Waals surface area contributed by atoms with Crippen molar-refractivity contribution < 1.29 is 9.90 Å². The van der Waals surface area contributed by atoms with Gasteiger partial charge in [-0.25, -0.2) is 4.79 Å². The van der Waals surface area contributed by atoms with Gasteiger partial charge in [0.05, 0.1) is 11.3 Å². The van der Waals surface area contributed by atoms with Crippen LogP contribution < -0.4 is 4.90 Å². The molecule has 3 nitrogen and oxygen atoms in total. The van der Waals surface area contributed by atoms with Gasteiger partial charge in [0.1, 0.15) is 0 Å². The van der Waals surface area contributed by atoms with Crippen LogP contribution in [0.5, 0.6) is 0 Å². The molecule has 1 N–H and O–H groups in total. The lowest BCUT2D eigenvalue weighted by Crippen LogP contribution is -2.21. The van der Waals surface area contributed by atoms with E-state index >= 15 is 0 Å². The summed E-state index contributed by atoms with van der Waals surface area (Å²) in [4.78, 5) is 13.0. The van der Waals surface area contributed by atoms with Gasteiger partial charge in [-0.15, -0.1) is 0 Å². The van der Waals surface area contributed by atoms with Gasteiger partial charge < -0.3 is 10.0 Å². The van der Waals surface area contributed by atoms with Crippen LogP contribution in [0.15, 0.2) is 24.3 Å². The minimum Gasteiger partial charge on any atom is -0.478 e. The minimum absolute atomic E-state index is 0.391. The summed E-state index contributed by atoms with van der Waals surface area (Å²) in [6.45, 7) is 0. The molecule has 1 fully saturated rings. The molecule has 1 saturated carbocycles. The molecular formula is C11H13NO2. The topological polar surface area (TPSA) is 40.5 Å². The van der Waals surface area contributed by atoms with Crippen molar-refractivity contribution in [1.29, 1.82) is 0 Å². The lowest BCUT2D eigenvalue weighted by atomic mass is 10.1. The Bertz CT molecular complexity index is 358. The number of para-hydroxylation sites is 1. The molecule has 0 amide bonds. The lowest BCUT2D eigenvalue weighted by molar-refractivity contribution is 0.0697. The standard InChI is InChI=1S/C11H13NO2/c1-12(8-6-7-8)10-5-3-2-4-9(10)11(13)14/h2-5,8H,6-7H2,1H3,(H,13,14). The van der Waals surface area contributed by atoms with Crippen LogP contribution in [0.2, 0.25) is 0 Å². The van der Waals surface area contributed by atoms with Crippen molar-refractivity contribution >= 4 is 11.7 Å². The summed E-state index contributed by atoms with van der Waals surface area (Å²) in [7, 11) is 1.96. The molecular weight excluding hydrogens is 178 g/mol. The van der Waals surface area contributed by atoms with Crippen LogP contribution in [0.1, 0.15) is 23.2 Å². The van der Waals surface area contributed by atoms with Crippen LogP contribution in [-0.2, 0) is 0 Å².